The number of nitrogens with one attached hydrogen (secondary N) is 2. The highest BCUT2D eigenvalue weighted by molar-refractivity contribution is 6.35. The number of carbonyl (C=O) groups is 2. The molecule has 3 rings (SSSR count). The summed E-state index contributed by atoms with van der Waals surface area (Å²) in [6, 6.07) is 4.34. The summed E-state index contributed by atoms with van der Waals surface area (Å²) in [5, 5.41) is 7.12. The topological polar surface area (TPSA) is 64.7 Å². The largest absolute Gasteiger partial charge is 0.353 e. The van der Waals surface area contributed by atoms with Crippen molar-refractivity contribution < 1.29 is 9.59 Å². The minimum absolute atomic E-state index is 0.0842. The molecule has 2 heterocycles. The highest BCUT2D eigenvalue weighted by Crippen LogP contribution is 2.24. The summed E-state index contributed by atoms with van der Waals surface area (Å²) in [6.07, 6.45) is 1.50. The molecule has 0 bridgehead atoms. The number of benzene rings is 1. The van der Waals surface area contributed by atoms with Gasteiger partial charge in [-0.25, -0.2) is 0 Å². The zero-order valence-electron chi connectivity index (χ0n) is 14.6. The van der Waals surface area contributed by atoms with Gasteiger partial charge in [-0.1, -0.05) is 23.2 Å². The van der Waals surface area contributed by atoms with Crippen molar-refractivity contribution in [3.8, 4) is 0 Å². The molecule has 2 N–H and O–H groups in total. The molecule has 0 saturated carbocycles. The van der Waals surface area contributed by atoms with Crippen molar-refractivity contribution in [2.75, 3.05) is 45.8 Å². The lowest BCUT2D eigenvalue weighted by molar-refractivity contribution is -0.124. The van der Waals surface area contributed by atoms with Crippen LogP contribution >= 0.6 is 23.2 Å². The van der Waals surface area contributed by atoms with Gasteiger partial charge in [0.2, 0.25) is 5.91 Å². The zero-order valence-corrected chi connectivity index (χ0v) is 16.2. The van der Waals surface area contributed by atoms with E-state index in [2.05, 4.69) is 15.5 Å². The van der Waals surface area contributed by atoms with E-state index in [1.165, 1.54) is 0 Å². The molecule has 26 heavy (non-hydrogen) atoms. The molecule has 1 aromatic rings. The third kappa shape index (κ3) is 4.88. The van der Waals surface area contributed by atoms with Crippen LogP contribution in [0.15, 0.2) is 18.2 Å². The molecular weight excluding hydrogens is 375 g/mol. The standard InChI is InChI=1S/C18H24Cl2N4O2/c19-14-10-13(11-15(20)12-14)18(26)24-6-1-2-16(24)17(25)22-5-9-23-7-3-21-4-8-23/h10-12,16,21H,1-9H2,(H,22,25). The molecule has 1 aromatic carbocycles. The van der Waals surface area contributed by atoms with Crippen LogP contribution in [-0.4, -0.2) is 73.5 Å². The van der Waals surface area contributed by atoms with Crippen molar-refractivity contribution in [1.29, 1.82) is 0 Å². The number of likely N-dealkylation sites (tertiary alicyclic amines) is 1. The van der Waals surface area contributed by atoms with Gasteiger partial charge in [0.15, 0.2) is 0 Å². The third-order valence-electron chi connectivity index (χ3n) is 4.86. The van der Waals surface area contributed by atoms with Crippen LogP contribution in [0.25, 0.3) is 0 Å². The molecule has 2 fully saturated rings. The van der Waals surface area contributed by atoms with Crippen molar-refractivity contribution in [3.63, 3.8) is 0 Å². The second kappa shape index (κ2) is 9.04. The van der Waals surface area contributed by atoms with Crippen LogP contribution < -0.4 is 10.6 Å². The van der Waals surface area contributed by atoms with E-state index < -0.39 is 6.04 Å². The molecule has 2 saturated heterocycles. The molecule has 1 atom stereocenters. The molecular formula is C18H24Cl2N4O2. The SMILES string of the molecule is O=C(NCCN1CCNCC1)C1CCCN1C(=O)c1cc(Cl)cc(Cl)c1. The molecule has 0 spiro atoms. The van der Waals surface area contributed by atoms with Gasteiger partial charge in [0, 0.05) is 61.4 Å². The van der Waals surface area contributed by atoms with Crippen LogP contribution in [0.3, 0.4) is 0 Å². The third-order valence-corrected chi connectivity index (χ3v) is 5.30. The Balaban J connectivity index is 1.56. The summed E-state index contributed by atoms with van der Waals surface area (Å²) in [5.74, 6) is -0.284. The summed E-state index contributed by atoms with van der Waals surface area (Å²) in [4.78, 5) is 29.3. The molecule has 2 aliphatic rings. The number of rotatable bonds is 5. The van der Waals surface area contributed by atoms with Gasteiger partial charge in [0.1, 0.15) is 6.04 Å². The van der Waals surface area contributed by atoms with Crippen LogP contribution in [0, 0.1) is 0 Å². The molecule has 0 aliphatic carbocycles. The summed E-state index contributed by atoms with van der Waals surface area (Å²) in [5.41, 5.74) is 0.419. The van der Waals surface area contributed by atoms with E-state index in [-0.39, 0.29) is 11.8 Å². The van der Waals surface area contributed by atoms with Gasteiger partial charge in [-0.3, -0.25) is 14.5 Å². The molecule has 6 nitrogen and oxygen atoms in total. The minimum atomic E-state index is -0.428. The first kappa shape index (κ1) is 19.4. The van der Waals surface area contributed by atoms with Crippen molar-refractivity contribution in [3.05, 3.63) is 33.8 Å². The Morgan fingerprint density at radius 2 is 1.81 bits per heavy atom. The lowest BCUT2D eigenvalue weighted by atomic mass is 10.1. The monoisotopic (exact) mass is 398 g/mol. The first-order chi connectivity index (χ1) is 12.5. The number of amides is 2. The van der Waals surface area contributed by atoms with Gasteiger partial charge in [-0.15, -0.1) is 0 Å². The highest BCUT2D eigenvalue weighted by atomic mass is 35.5. The fourth-order valence-electron chi connectivity index (χ4n) is 3.52. The Labute approximate surface area is 163 Å². The predicted octanol–water partition coefficient (Wildman–Crippen LogP) is 1.62. The van der Waals surface area contributed by atoms with Crippen LogP contribution in [0.4, 0.5) is 0 Å². The number of nitrogens with zero attached hydrogens (tertiary/aromatic N) is 2. The van der Waals surface area contributed by atoms with Gasteiger partial charge in [-0.2, -0.15) is 0 Å². The van der Waals surface area contributed by atoms with Crippen LogP contribution in [0.5, 0.6) is 0 Å². The summed E-state index contributed by atoms with van der Waals surface area (Å²) >= 11 is 12.0. The maximum absolute atomic E-state index is 12.8. The molecule has 1 unspecified atom stereocenters. The van der Waals surface area contributed by atoms with Crippen molar-refractivity contribution in [1.82, 2.24) is 20.4 Å². The van der Waals surface area contributed by atoms with Gasteiger partial charge < -0.3 is 15.5 Å². The van der Waals surface area contributed by atoms with E-state index in [1.807, 2.05) is 0 Å². The van der Waals surface area contributed by atoms with E-state index in [0.717, 1.165) is 39.1 Å². The van der Waals surface area contributed by atoms with Gasteiger partial charge >= 0.3 is 0 Å². The number of halogens is 2. The normalized spacial score (nSPS) is 21.0. The highest BCUT2D eigenvalue weighted by Gasteiger charge is 2.34. The number of hydrogen-bond acceptors (Lipinski definition) is 4. The van der Waals surface area contributed by atoms with Gasteiger partial charge in [0.05, 0.1) is 0 Å². The first-order valence-electron chi connectivity index (χ1n) is 9.02. The average Bonchev–Trinajstić information content (AvgIpc) is 3.11. The zero-order chi connectivity index (χ0) is 18.5. The van der Waals surface area contributed by atoms with E-state index >= 15 is 0 Å². The second-order valence-corrected chi connectivity index (χ2v) is 7.57. The van der Waals surface area contributed by atoms with Crippen molar-refractivity contribution >= 4 is 35.0 Å². The average molecular weight is 399 g/mol. The fourth-order valence-corrected chi connectivity index (χ4v) is 4.04. The molecule has 0 aromatic heterocycles. The van der Waals surface area contributed by atoms with Crippen LogP contribution in [0.1, 0.15) is 23.2 Å². The first-order valence-corrected chi connectivity index (χ1v) is 9.78. The van der Waals surface area contributed by atoms with E-state index in [4.69, 9.17) is 23.2 Å². The van der Waals surface area contributed by atoms with E-state index in [9.17, 15) is 9.59 Å². The Kier molecular flexibility index (Phi) is 6.75. The van der Waals surface area contributed by atoms with E-state index in [0.29, 0.717) is 35.1 Å². The van der Waals surface area contributed by atoms with Crippen molar-refractivity contribution in [2.45, 2.75) is 18.9 Å². The Morgan fingerprint density at radius 1 is 1.12 bits per heavy atom. The Hall–Kier alpha value is -1.34. The van der Waals surface area contributed by atoms with Crippen LogP contribution in [0.2, 0.25) is 10.0 Å². The number of piperazine rings is 1. The van der Waals surface area contributed by atoms with Gasteiger partial charge in [-0.05, 0) is 31.0 Å². The lowest BCUT2D eigenvalue weighted by Crippen LogP contribution is -2.49. The number of carbonyl (C=O) groups excluding carboxylic acids is 2. The Morgan fingerprint density at radius 3 is 2.50 bits per heavy atom. The smallest absolute Gasteiger partial charge is 0.254 e. The molecule has 2 aliphatic heterocycles. The summed E-state index contributed by atoms with van der Waals surface area (Å²) in [6.45, 7) is 5.97. The number of hydrogen-bond donors (Lipinski definition) is 2. The lowest BCUT2D eigenvalue weighted by Gasteiger charge is -2.28. The molecule has 142 valence electrons. The summed E-state index contributed by atoms with van der Waals surface area (Å²) < 4.78 is 0. The quantitative estimate of drug-likeness (QED) is 0.790. The van der Waals surface area contributed by atoms with Crippen LogP contribution in [-0.2, 0) is 4.79 Å². The van der Waals surface area contributed by atoms with E-state index in [1.54, 1.807) is 23.1 Å². The predicted molar refractivity (Wildman–Crippen MR) is 103 cm³/mol. The fraction of sp³-hybridized carbons (Fsp3) is 0.556. The molecule has 2 amide bonds. The minimum Gasteiger partial charge on any atom is -0.353 e. The molecule has 0 radical (unpaired) electrons. The summed E-state index contributed by atoms with van der Waals surface area (Å²) in [7, 11) is 0. The Bertz CT molecular complexity index is 644. The van der Waals surface area contributed by atoms with Crippen molar-refractivity contribution in [2.24, 2.45) is 0 Å². The maximum Gasteiger partial charge on any atom is 0.254 e. The maximum atomic E-state index is 12.8. The second-order valence-electron chi connectivity index (χ2n) is 6.70. The van der Waals surface area contributed by atoms with Gasteiger partial charge in [0.25, 0.3) is 5.91 Å². The molecule has 8 heteroatoms.